The lowest BCUT2D eigenvalue weighted by atomic mass is 10.0. The molecule has 1 aromatic carbocycles. The molecular weight excluding hydrogens is 222 g/mol. The van der Waals surface area contributed by atoms with E-state index < -0.39 is 0 Å². The first-order valence-electron chi connectivity index (χ1n) is 7.10. The molecule has 0 spiro atoms. The van der Waals surface area contributed by atoms with Gasteiger partial charge < -0.3 is 5.32 Å². The van der Waals surface area contributed by atoms with Crippen molar-refractivity contribution in [3.05, 3.63) is 35.4 Å². The minimum atomic E-state index is 0.199. The molecule has 2 heteroatoms. The summed E-state index contributed by atoms with van der Waals surface area (Å²) >= 11 is 0. The molecule has 1 N–H and O–H groups in total. The van der Waals surface area contributed by atoms with Crippen molar-refractivity contribution in [1.82, 2.24) is 5.32 Å². The second kappa shape index (κ2) is 6.03. The van der Waals surface area contributed by atoms with E-state index in [0.29, 0.717) is 18.3 Å². The largest absolute Gasteiger partial charge is 0.356 e. The van der Waals surface area contributed by atoms with Gasteiger partial charge in [0.2, 0.25) is 5.91 Å². The Bertz CT molecular complexity index is 413. The molecule has 0 aliphatic heterocycles. The summed E-state index contributed by atoms with van der Waals surface area (Å²) in [6.07, 6.45) is 3.90. The van der Waals surface area contributed by atoms with Crippen molar-refractivity contribution in [2.75, 3.05) is 6.54 Å². The lowest BCUT2D eigenvalue weighted by Crippen LogP contribution is -2.25. The standard InChI is InChI=1S/C16H23NO/c1-3-6-16(18)17-11-14-10-15(14)13-8-5-7-12(4-2)9-13/h5,7-9,14-15H,3-4,6,10-11H2,1-2H3,(H,17,18)/t14-,15-/m0/s1. The van der Waals surface area contributed by atoms with Crippen LogP contribution in [-0.4, -0.2) is 12.5 Å². The first-order valence-corrected chi connectivity index (χ1v) is 7.10. The normalized spacial score (nSPS) is 21.7. The number of carbonyl (C=O) groups is 1. The molecule has 2 atom stereocenters. The fourth-order valence-electron chi connectivity index (χ4n) is 2.49. The molecule has 0 bridgehead atoms. The van der Waals surface area contributed by atoms with Crippen molar-refractivity contribution >= 4 is 5.91 Å². The molecule has 0 heterocycles. The van der Waals surface area contributed by atoms with Crippen molar-refractivity contribution in [3.8, 4) is 0 Å². The van der Waals surface area contributed by atoms with E-state index in [-0.39, 0.29) is 5.91 Å². The molecule has 1 aliphatic rings. The topological polar surface area (TPSA) is 29.1 Å². The number of amides is 1. The summed E-state index contributed by atoms with van der Waals surface area (Å²) in [6.45, 7) is 5.07. The highest BCUT2D eigenvalue weighted by atomic mass is 16.1. The lowest BCUT2D eigenvalue weighted by Gasteiger charge is -2.05. The van der Waals surface area contributed by atoms with E-state index in [0.717, 1.165) is 19.4 Å². The van der Waals surface area contributed by atoms with Crippen LogP contribution in [0.4, 0.5) is 0 Å². The third kappa shape index (κ3) is 3.34. The first kappa shape index (κ1) is 13.1. The smallest absolute Gasteiger partial charge is 0.219 e. The van der Waals surface area contributed by atoms with Gasteiger partial charge in [0.15, 0.2) is 0 Å². The average Bonchev–Trinajstić information content (AvgIpc) is 3.16. The van der Waals surface area contributed by atoms with Gasteiger partial charge in [-0.15, -0.1) is 0 Å². The number of rotatable bonds is 6. The summed E-state index contributed by atoms with van der Waals surface area (Å²) < 4.78 is 0. The number of aryl methyl sites for hydroxylation is 1. The molecular formula is C16H23NO. The molecule has 0 radical (unpaired) electrons. The first-order chi connectivity index (χ1) is 8.74. The molecule has 1 amide bonds. The number of hydrogen-bond donors (Lipinski definition) is 1. The van der Waals surface area contributed by atoms with Crippen LogP contribution in [0.25, 0.3) is 0 Å². The van der Waals surface area contributed by atoms with E-state index in [4.69, 9.17) is 0 Å². The van der Waals surface area contributed by atoms with E-state index in [1.807, 2.05) is 6.92 Å². The fraction of sp³-hybridized carbons (Fsp3) is 0.562. The van der Waals surface area contributed by atoms with Crippen molar-refractivity contribution in [1.29, 1.82) is 0 Å². The molecule has 0 aromatic heterocycles. The van der Waals surface area contributed by atoms with E-state index in [1.54, 1.807) is 0 Å². The zero-order chi connectivity index (χ0) is 13.0. The maximum Gasteiger partial charge on any atom is 0.219 e. The van der Waals surface area contributed by atoms with Crippen LogP contribution in [-0.2, 0) is 11.2 Å². The Kier molecular flexibility index (Phi) is 4.40. The van der Waals surface area contributed by atoms with Gasteiger partial charge in [-0.25, -0.2) is 0 Å². The Morgan fingerprint density at radius 3 is 2.94 bits per heavy atom. The van der Waals surface area contributed by atoms with Gasteiger partial charge in [0.1, 0.15) is 0 Å². The number of carbonyl (C=O) groups excluding carboxylic acids is 1. The van der Waals surface area contributed by atoms with Crippen molar-refractivity contribution in [2.45, 2.75) is 45.4 Å². The predicted octanol–water partition coefficient (Wildman–Crippen LogP) is 3.27. The van der Waals surface area contributed by atoms with Crippen LogP contribution in [0, 0.1) is 5.92 Å². The lowest BCUT2D eigenvalue weighted by molar-refractivity contribution is -0.121. The Hall–Kier alpha value is -1.31. The Balaban J connectivity index is 1.81. The highest BCUT2D eigenvalue weighted by Gasteiger charge is 2.38. The highest BCUT2D eigenvalue weighted by Crippen LogP contribution is 2.47. The second-order valence-electron chi connectivity index (χ2n) is 5.25. The van der Waals surface area contributed by atoms with Gasteiger partial charge in [-0.3, -0.25) is 4.79 Å². The Morgan fingerprint density at radius 1 is 1.39 bits per heavy atom. The highest BCUT2D eigenvalue weighted by molar-refractivity contribution is 5.75. The van der Waals surface area contributed by atoms with Gasteiger partial charge in [0.05, 0.1) is 0 Å². The van der Waals surface area contributed by atoms with Gasteiger partial charge in [0.25, 0.3) is 0 Å². The number of nitrogens with one attached hydrogen (secondary N) is 1. The maximum absolute atomic E-state index is 11.4. The SMILES string of the molecule is CCCC(=O)NC[C@@H]1C[C@H]1c1cccc(CC)c1. The summed E-state index contributed by atoms with van der Waals surface area (Å²) in [7, 11) is 0. The van der Waals surface area contributed by atoms with E-state index in [9.17, 15) is 4.79 Å². The Labute approximate surface area is 110 Å². The molecule has 1 aliphatic carbocycles. The third-order valence-corrected chi connectivity index (χ3v) is 3.75. The van der Waals surface area contributed by atoms with Gasteiger partial charge in [-0.05, 0) is 42.2 Å². The minimum absolute atomic E-state index is 0.199. The second-order valence-corrected chi connectivity index (χ2v) is 5.25. The van der Waals surface area contributed by atoms with Crippen LogP contribution in [0.5, 0.6) is 0 Å². The molecule has 2 rings (SSSR count). The van der Waals surface area contributed by atoms with Gasteiger partial charge in [-0.2, -0.15) is 0 Å². The summed E-state index contributed by atoms with van der Waals surface area (Å²) in [6, 6.07) is 8.87. The van der Waals surface area contributed by atoms with Crippen LogP contribution in [0.2, 0.25) is 0 Å². The van der Waals surface area contributed by atoms with Crippen molar-refractivity contribution < 1.29 is 4.79 Å². The number of hydrogen-bond acceptors (Lipinski definition) is 1. The summed E-state index contributed by atoms with van der Waals surface area (Å²) in [5.74, 6) is 1.52. The summed E-state index contributed by atoms with van der Waals surface area (Å²) in [5.41, 5.74) is 2.86. The molecule has 18 heavy (non-hydrogen) atoms. The molecule has 98 valence electrons. The average molecular weight is 245 g/mol. The molecule has 1 fully saturated rings. The van der Waals surface area contributed by atoms with Crippen molar-refractivity contribution in [2.24, 2.45) is 5.92 Å². The van der Waals surface area contributed by atoms with Crippen LogP contribution in [0.3, 0.4) is 0 Å². The van der Waals surface area contributed by atoms with Crippen LogP contribution < -0.4 is 5.32 Å². The monoisotopic (exact) mass is 245 g/mol. The zero-order valence-corrected chi connectivity index (χ0v) is 11.4. The van der Waals surface area contributed by atoms with E-state index in [2.05, 4.69) is 36.5 Å². The molecule has 2 nitrogen and oxygen atoms in total. The molecule has 1 saturated carbocycles. The van der Waals surface area contributed by atoms with Gasteiger partial charge >= 0.3 is 0 Å². The van der Waals surface area contributed by atoms with Crippen LogP contribution >= 0.6 is 0 Å². The molecule has 1 aromatic rings. The minimum Gasteiger partial charge on any atom is -0.356 e. The van der Waals surface area contributed by atoms with E-state index in [1.165, 1.54) is 17.5 Å². The fourth-order valence-corrected chi connectivity index (χ4v) is 2.49. The predicted molar refractivity (Wildman–Crippen MR) is 74.6 cm³/mol. The van der Waals surface area contributed by atoms with E-state index >= 15 is 0 Å². The van der Waals surface area contributed by atoms with Crippen LogP contribution in [0.15, 0.2) is 24.3 Å². The maximum atomic E-state index is 11.4. The van der Waals surface area contributed by atoms with Gasteiger partial charge in [-0.1, -0.05) is 38.1 Å². The Morgan fingerprint density at radius 2 is 2.22 bits per heavy atom. The van der Waals surface area contributed by atoms with Crippen LogP contribution in [0.1, 0.15) is 50.2 Å². The summed E-state index contributed by atoms with van der Waals surface area (Å²) in [4.78, 5) is 11.4. The zero-order valence-electron chi connectivity index (χ0n) is 11.4. The third-order valence-electron chi connectivity index (χ3n) is 3.75. The number of benzene rings is 1. The quantitative estimate of drug-likeness (QED) is 0.819. The molecule has 0 saturated heterocycles. The molecule has 0 unspecified atom stereocenters. The van der Waals surface area contributed by atoms with Gasteiger partial charge in [0, 0.05) is 13.0 Å². The van der Waals surface area contributed by atoms with Crippen molar-refractivity contribution in [3.63, 3.8) is 0 Å². The summed E-state index contributed by atoms with van der Waals surface area (Å²) in [5, 5.41) is 3.03.